The number of aromatic nitrogens is 3. The highest BCUT2D eigenvalue weighted by atomic mass is 35.5. The van der Waals surface area contributed by atoms with Gasteiger partial charge in [-0.25, -0.2) is 0 Å². The van der Waals surface area contributed by atoms with Crippen molar-refractivity contribution in [1.29, 1.82) is 0 Å². The molecule has 1 aromatic heterocycles. The predicted molar refractivity (Wildman–Crippen MR) is 148 cm³/mol. The van der Waals surface area contributed by atoms with E-state index in [4.69, 9.17) is 46.4 Å². The average Bonchev–Trinajstić information content (AvgIpc) is 3.20. The third kappa shape index (κ3) is 7.17. The van der Waals surface area contributed by atoms with Gasteiger partial charge < -0.3 is 15.2 Å². The van der Waals surface area contributed by atoms with Gasteiger partial charge in [-0.3, -0.25) is 9.59 Å². The van der Waals surface area contributed by atoms with Crippen molar-refractivity contribution in [3.8, 4) is 0 Å². The van der Waals surface area contributed by atoms with Gasteiger partial charge in [-0.2, -0.15) is 0 Å². The summed E-state index contributed by atoms with van der Waals surface area (Å²) in [6.45, 7) is 8.11. The molecule has 0 aliphatic heterocycles. The molecular formula is C24H23Cl4N5O2S. The number of nitrogens with one attached hydrogen (secondary N) is 2. The molecule has 190 valence electrons. The fraction of sp³-hybridized carbons (Fsp3) is 0.250. The molecule has 0 aliphatic rings. The molecule has 2 amide bonds. The van der Waals surface area contributed by atoms with E-state index in [2.05, 4.69) is 27.4 Å². The topological polar surface area (TPSA) is 88.9 Å². The van der Waals surface area contributed by atoms with Crippen LogP contribution in [0.15, 0.2) is 54.2 Å². The lowest BCUT2D eigenvalue weighted by Gasteiger charge is -2.23. The summed E-state index contributed by atoms with van der Waals surface area (Å²) in [7, 11) is 0. The Hall–Kier alpha value is -2.23. The first-order valence-corrected chi connectivity index (χ1v) is 13.3. The molecule has 0 aliphatic carbocycles. The summed E-state index contributed by atoms with van der Waals surface area (Å²) in [4.78, 5) is 25.5. The Morgan fingerprint density at radius 2 is 1.81 bits per heavy atom. The van der Waals surface area contributed by atoms with Crippen LogP contribution in [0.2, 0.25) is 20.1 Å². The number of nitrogens with zero attached hydrogens (tertiary/aromatic N) is 3. The molecular weight excluding hydrogens is 564 g/mol. The number of hydrogen-bond acceptors (Lipinski definition) is 5. The molecule has 2 aromatic carbocycles. The van der Waals surface area contributed by atoms with Crippen molar-refractivity contribution in [2.45, 2.75) is 31.6 Å². The van der Waals surface area contributed by atoms with E-state index < -0.39 is 6.04 Å². The minimum atomic E-state index is -0.476. The van der Waals surface area contributed by atoms with E-state index in [1.165, 1.54) is 17.8 Å². The van der Waals surface area contributed by atoms with Crippen LogP contribution in [0.5, 0.6) is 0 Å². The van der Waals surface area contributed by atoms with Crippen LogP contribution in [-0.4, -0.2) is 32.3 Å². The summed E-state index contributed by atoms with van der Waals surface area (Å²) in [6, 6.07) is 9.06. The number of allylic oxidation sites excluding steroid dienone is 1. The Balaban J connectivity index is 1.76. The van der Waals surface area contributed by atoms with Crippen molar-refractivity contribution in [2.24, 2.45) is 5.92 Å². The second-order valence-electron chi connectivity index (χ2n) is 8.03. The molecule has 0 saturated heterocycles. The molecule has 36 heavy (non-hydrogen) atoms. The Labute approximate surface area is 233 Å². The third-order valence-electron chi connectivity index (χ3n) is 5.00. The number of halogens is 4. The van der Waals surface area contributed by atoms with Crippen molar-refractivity contribution in [3.63, 3.8) is 0 Å². The quantitative estimate of drug-likeness (QED) is 0.198. The number of rotatable bonds is 10. The van der Waals surface area contributed by atoms with E-state index in [-0.39, 0.29) is 28.5 Å². The second kappa shape index (κ2) is 12.8. The van der Waals surface area contributed by atoms with Crippen LogP contribution in [0.4, 0.5) is 5.69 Å². The molecule has 1 atom stereocenters. The molecule has 3 aromatic rings. The van der Waals surface area contributed by atoms with Gasteiger partial charge in [0.1, 0.15) is 0 Å². The maximum absolute atomic E-state index is 13.0. The zero-order valence-electron chi connectivity index (χ0n) is 19.4. The van der Waals surface area contributed by atoms with Crippen LogP contribution in [0.3, 0.4) is 0 Å². The van der Waals surface area contributed by atoms with Crippen LogP contribution in [-0.2, 0) is 11.3 Å². The van der Waals surface area contributed by atoms with Crippen LogP contribution in [0.1, 0.15) is 36.1 Å². The van der Waals surface area contributed by atoms with E-state index in [1.807, 2.05) is 18.4 Å². The number of carbonyl (C=O) groups excluding carboxylic acids is 2. The van der Waals surface area contributed by atoms with Gasteiger partial charge in [0, 0.05) is 17.3 Å². The highest BCUT2D eigenvalue weighted by Crippen LogP contribution is 2.28. The van der Waals surface area contributed by atoms with Crippen LogP contribution in [0, 0.1) is 5.92 Å². The number of carbonyl (C=O) groups is 2. The molecule has 0 bridgehead atoms. The first-order chi connectivity index (χ1) is 17.1. The SMILES string of the molecule is C=CCn1c(SCC(=O)Nc2ccc(Cl)c(Cl)c2)nnc1[C@@H](NC(=O)c1ccc(Cl)cc1Cl)C(C)C. The highest BCUT2D eigenvalue weighted by Gasteiger charge is 2.27. The number of hydrogen-bond donors (Lipinski definition) is 2. The first-order valence-electron chi connectivity index (χ1n) is 10.8. The normalized spacial score (nSPS) is 11.9. The molecule has 3 rings (SSSR count). The fourth-order valence-electron chi connectivity index (χ4n) is 3.26. The third-order valence-corrected chi connectivity index (χ3v) is 7.25. The molecule has 0 fully saturated rings. The summed E-state index contributed by atoms with van der Waals surface area (Å²) in [6.07, 6.45) is 1.70. The molecule has 0 spiro atoms. The van der Waals surface area contributed by atoms with Crippen molar-refractivity contribution < 1.29 is 9.59 Å². The second-order valence-corrected chi connectivity index (χ2v) is 10.6. The van der Waals surface area contributed by atoms with Gasteiger partial charge in [-0.15, -0.1) is 16.8 Å². The smallest absolute Gasteiger partial charge is 0.253 e. The minimum Gasteiger partial charge on any atom is -0.342 e. The van der Waals surface area contributed by atoms with E-state index in [0.717, 1.165) is 0 Å². The van der Waals surface area contributed by atoms with E-state index in [9.17, 15) is 9.59 Å². The largest absolute Gasteiger partial charge is 0.342 e. The van der Waals surface area contributed by atoms with Crippen LogP contribution < -0.4 is 10.6 Å². The van der Waals surface area contributed by atoms with E-state index in [0.29, 0.717) is 43.8 Å². The summed E-state index contributed by atoms with van der Waals surface area (Å²) >= 11 is 25.3. The Kier molecular flexibility index (Phi) is 10.1. The van der Waals surface area contributed by atoms with Crippen molar-refractivity contribution in [1.82, 2.24) is 20.1 Å². The summed E-state index contributed by atoms with van der Waals surface area (Å²) in [5.74, 6) is -0.0218. The lowest BCUT2D eigenvalue weighted by molar-refractivity contribution is -0.113. The molecule has 0 saturated carbocycles. The van der Waals surface area contributed by atoms with Gasteiger partial charge in [0.2, 0.25) is 5.91 Å². The average molecular weight is 587 g/mol. The number of benzene rings is 2. The number of thioether (sulfide) groups is 1. The predicted octanol–water partition coefficient (Wildman–Crippen LogP) is 6.94. The van der Waals surface area contributed by atoms with Crippen LogP contribution >= 0.6 is 58.2 Å². The number of anilines is 1. The Morgan fingerprint density at radius 1 is 1.06 bits per heavy atom. The molecule has 12 heteroatoms. The molecule has 7 nitrogen and oxygen atoms in total. The zero-order chi connectivity index (χ0) is 26.4. The van der Waals surface area contributed by atoms with Crippen molar-refractivity contribution in [2.75, 3.05) is 11.1 Å². The fourth-order valence-corrected chi connectivity index (χ4v) is 4.81. The number of amides is 2. The standard InChI is InChI=1S/C24H23Cl4N5O2S/c1-4-9-33-22(21(13(2)3)30-23(35)16-7-5-14(25)10-18(16)27)31-32-24(33)36-12-20(34)29-15-6-8-17(26)19(28)11-15/h4-8,10-11,13,21H,1,9,12H2,2-3H3,(H,29,34)(H,30,35)/t21-/m0/s1. The van der Waals surface area contributed by atoms with Crippen LogP contribution in [0.25, 0.3) is 0 Å². The molecule has 1 heterocycles. The van der Waals surface area contributed by atoms with Gasteiger partial charge in [0.15, 0.2) is 11.0 Å². The first kappa shape index (κ1) is 28.3. The van der Waals surface area contributed by atoms with Gasteiger partial charge in [0.25, 0.3) is 5.91 Å². The lowest BCUT2D eigenvalue weighted by atomic mass is 10.0. The van der Waals surface area contributed by atoms with Gasteiger partial charge >= 0.3 is 0 Å². The van der Waals surface area contributed by atoms with E-state index in [1.54, 1.807) is 36.4 Å². The Bertz CT molecular complexity index is 1280. The molecule has 0 radical (unpaired) electrons. The van der Waals surface area contributed by atoms with Gasteiger partial charge in [-0.05, 0) is 42.3 Å². The van der Waals surface area contributed by atoms with Gasteiger partial charge in [-0.1, -0.05) is 78.1 Å². The zero-order valence-corrected chi connectivity index (χ0v) is 23.2. The monoisotopic (exact) mass is 585 g/mol. The molecule has 0 unspecified atom stereocenters. The lowest BCUT2D eigenvalue weighted by Crippen LogP contribution is -2.34. The summed E-state index contributed by atoms with van der Waals surface area (Å²) in [5.41, 5.74) is 0.835. The molecule has 2 N–H and O–H groups in total. The Morgan fingerprint density at radius 3 is 2.44 bits per heavy atom. The maximum Gasteiger partial charge on any atom is 0.253 e. The highest BCUT2D eigenvalue weighted by molar-refractivity contribution is 7.99. The van der Waals surface area contributed by atoms with Crippen molar-refractivity contribution >= 4 is 75.7 Å². The summed E-state index contributed by atoms with van der Waals surface area (Å²) in [5, 5.41) is 16.3. The summed E-state index contributed by atoms with van der Waals surface area (Å²) < 4.78 is 1.82. The van der Waals surface area contributed by atoms with Gasteiger partial charge in [0.05, 0.1) is 32.4 Å². The maximum atomic E-state index is 13.0. The van der Waals surface area contributed by atoms with E-state index >= 15 is 0 Å². The minimum absolute atomic E-state index is 0.0245. The van der Waals surface area contributed by atoms with Crippen molar-refractivity contribution in [3.05, 3.63) is 80.5 Å².